The number of nitrogens with one attached hydrogen (secondary N) is 1. The van der Waals surface area contributed by atoms with E-state index in [1.54, 1.807) is 12.4 Å². The van der Waals surface area contributed by atoms with Gasteiger partial charge in [-0.25, -0.2) is 9.99 Å². The molecule has 0 saturated carbocycles. The molecule has 2 aromatic carbocycles. The zero-order chi connectivity index (χ0) is 23.8. The Labute approximate surface area is 208 Å². The number of halogens is 1. The van der Waals surface area contributed by atoms with Crippen LogP contribution in [0.15, 0.2) is 71.8 Å². The second-order valence-electron chi connectivity index (χ2n) is 9.30. The molecule has 2 aliphatic heterocycles. The van der Waals surface area contributed by atoms with Gasteiger partial charge in [0, 0.05) is 42.6 Å². The van der Waals surface area contributed by atoms with Crippen LogP contribution in [0.1, 0.15) is 19.3 Å². The van der Waals surface area contributed by atoms with E-state index in [0.29, 0.717) is 22.1 Å². The zero-order valence-corrected chi connectivity index (χ0v) is 20.2. The van der Waals surface area contributed by atoms with E-state index in [9.17, 15) is 4.79 Å². The van der Waals surface area contributed by atoms with Crippen LogP contribution in [0.5, 0.6) is 0 Å². The lowest BCUT2D eigenvalue weighted by molar-refractivity contribution is 0.204. The first kappa shape index (κ1) is 22.2. The maximum atomic E-state index is 13.2. The summed E-state index contributed by atoms with van der Waals surface area (Å²) in [6.07, 6.45) is 7.12. The van der Waals surface area contributed by atoms with Gasteiger partial charge >= 0.3 is 0 Å². The Balaban J connectivity index is 1.20. The van der Waals surface area contributed by atoms with Gasteiger partial charge in [0.05, 0.1) is 23.5 Å². The van der Waals surface area contributed by atoms with Gasteiger partial charge in [-0.3, -0.25) is 10.2 Å². The van der Waals surface area contributed by atoms with Crippen LogP contribution in [0.3, 0.4) is 0 Å². The molecule has 0 unspecified atom stereocenters. The SMILES string of the molecule is O=c1c2ccc(-c3ccc(Cl)cc3)cc2cnn1-c1ccc(N2CC[C@H](NN3CCCC3)C2)nc1. The van der Waals surface area contributed by atoms with Crippen molar-refractivity contribution >= 4 is 28.2 Å². The Bertz CT molecular complexity index is 1400. The predicted octanol–water partition coefficient (Wildman–Crippen LogP) is 4.28. The molecule has 0 spiro atoms. The van der Waals surface area contributed by atoms with Crippen molar-refractivity contribution in [1.82, 2.24) is 25.2 Å². The highest BCUT2D eigenvalue weighted by molar-refractivity contribution is 6.30. The number of hydrogen-bond acceptors (Lipinski definition) is 6. The largest absolute Gasteiger partial charge is 0.355 e. The minimum Gasteiger partial charge on any atom is -0.355 e. The molecule has 4 aromatic rings. The molecule has 6 rings (SSSR count). The van der Waals surface area contributed by atoms with Crippen molar-refractivity contribution in [3.63, 3.8) is 0 Å². The summed E-state index contributed by atoms with van der Waals surface area (Å²) >= 11 is 6.01. The number of hydrogen-bond donors (Lipinski definition) is 1. The van der Waals surface area contributed by atoms with Crippen LogP contribution in [0.25, 0.3) is 27.6 Å². The summed E-state index contributed by atoms with van der Waals surface area (Å²) in [4.78, 5) is 20.2. The summed E-state index contributed by atoms with van der Waals surface area (Å²) in [5.74, 6) is 0.931. The molecule has 4 heterocycles. The lowest BCUT2D eigenvalue weighted by Gasteiger charge is -2.23. The summed E-state index contributed by atoms with van der Waals surface area (Å²) in [5.41, 5.74) is 6.22. The molecular formula is C27H27ClN6O. The minimum absolute atomic E-state index is 0.157. The molecule has 2 aromatic heterocycles. The second kappa shape index (κ2) is 9.41. The van der Waals surface area contributed by atoms with Crippen LogP contribution >= 0.6 is 11.6 Å². The number of hydrazine groups is 1. The zero-order valence-electron chi connectivity index (χ0n) is 19.4. The first-order valence-corrected chi connectivity index (χ1v) is 12.5. The maximum Gasteiger partial charge on any atom is 0.279 e. The van der Waals surface area contributed by atoms with Gasteiger partial charge in [-0.05, 0) is 66.8 Å². The van der Waals surface area contributed by atoms with Gasteiger partial charge in [0.15, 0.2) is 0 Å². The number of aromatic nitrogens is 3. The van der Waals surface area contributed by atoms with E-state index in [0.717, 1.165) is 54.9 Å². The molecule has 0 aliphatic carbocycles. The molecule has 8 heteroatoms. The van der Waals surface area contributed by atoms with Crippen LogP contribution in [0.2, 0.25) is 5.02 Å². The van der Waals surface area contributed by atoms with Crippen molar-refractivity contribution in [1.29, 1.82) is 0 Å². The Morgan fingerprint density at radius 3 is 2.49 bits per heavy atom. The lowest BCUT2D eigenvalue weighted by Crippen LogP contribution is -2.44. The predicted molar refractivity (Wildman–Crippen MR) is 140 cm³/mol. The fourth-order valence-corrected chi connectivity index (χ4v) is 5.15. The van der Waals surface area contributed by atoms with Gasteiger partial charge in [0.2, 0.25) is 0 Å². The minimum atomic E-state index is -0.157. The number of anilines is 1. The van der Waals surface area contributed by atoms with E-state index in [1.165, 1.54) is 17.5 Å². The summed E-state index contributed by atoms with van der Waals surface area (Å²) in [5, 5.41) is 8.91. The fourth-order valence-electron chi connectivity index (χ4n) is 5.03. The molecule has 0 radical (unpaired) electrons. The molecule has 178 valence electrons. The van der Waals surface area contributed by atoms with E-state index in [-0.39, 0.29) is 5.56 Å². The number of fused-ring (bicyclic) bond motifs is 1. The number of pyridine rings is 1. The molecular weight excluding hydrogens is 460 g/mol. The van der Waals surface area contributed by atoms with E-state index in [2.05, 4.69) is 25.4 Å². The van der Waals surface area contributed by atoms with Crippen molar-refractivity contribution in [2.75, 3.05) is 31.1 Å². The standard InChI is InChI=1S/C27H27ClN6O/c28-22-6-3-19(4-7-22)20-5-9-25-21(15-20)16-30-34(27(25)35)24-8-10-26(29-17-24)32-14-11-23(18-32)31-33-12-1-2-13-33/h3-10,15-17,23,31H,1-2,11-14,18H2/t23-/m0/s1. The van der Waals surface area contributed by atoms with Gasteiger partial charge in [-0.1, -0.05) is 29.8 Å². The smallest absolute Gasteiger partial charge is 0.279 e. The topological polar surface area (TPSA) is 66.3 Å². The summed E-state index contributed by atoms with van der Waals surface area (Å²) in [6.45, 7) is 4.19. The van der Waals surface area contributed by atoms with Crippen LogP contribution in [0.4, 0.5) is 5.82 Å². The quantitative estimate of drug-likeness (QED) is 0.454. The fraction of sp³-hybridized carbons (Fsp3) is 0.296. The average Bonchev–Trinajstić information content (AvgIpc) is 3.58. The molecule has 35 heavy (non-hydrogen) atoms. The monoisotopic (exact) mass is 486 g/mol. The molecule has 7 nitrogen and oxygen atoms in total. The first-order valence-electron chi connectivity index (χ1n) is 12.1. The third-order valence-corrected chi connectivity index (χ3v) is 7.18. The van der Waals surface area contributed by atoms with Gasteiger partial charge in [0.1, 0.15) is 5.82 Å². The maximum absolute atomic E-state index is 13.2. The summed E-state index contributed by atoms with van der Waals surface area (Å²) < 4.78 is 1.42. The normalized spacial score (nSPS) is 18.5. The highest BCUT2D eigenvalue weighted by Gasteiger charge is 2.26. The molecule has 1 N–H and O–H groups in total. The van der Waals surface area contributed by atoms with Crippen molar-refractivity contribution < 1.29 is 0 Å². The Morgan fingerprint density at radius 1 is 0.914 bits per heavy atom. The summed E-state index contributed by atoms with van der Waals surface area (Å²) in [7, 11) is 0. The van der Waals surface area contributed by atoms with E-state index in [1.807, 2.05) is 54.6 Å². The van der Waals surface area contributed by atoms with Gasteiger partial charge < -0.3 is 4.90 Å². The van der Waals surface area contributed by atoms with Gasteiger partial charge in [0.25, 0.3) is 5.56 Å². The third kappa shape index (κ3) is 4.55. The second-order valence-corrected chi connectivity index (χ2v) is 9.74. The van der Waals surface area contributed by atoms with E-state index >= 15 is 0 Å². The molecule has 0 bridgehead atoms. The van der Waals surface area contributed by atoms with Crippen LogP contribution in [-0.2, 0) is 0 Å². The van der Waals surface area contributed by atoms with E-state index in [4.69, 9.17) is 11.6 Å². The van der Waals surface area contributed by atoms with Crippen LogP contribution in [0, 0.1) is 0 Å². The molecule has 1 atom stereocenters. The van der Waals surface area contributed by atoms with Crippen molar-refractivity contribution in [2.24, 2.45) is 0 Å². The van der Waals surface area contributed by atoms with Crippen molar-refractivity contribution in [2.45, 2.75) is 25.3 Å². The Hall–Kier alpha value is -3.26. The van der Waals surface area contributed by atoms with Crippen LogP contribution in [-0.4, -0.2) is 52.0 Å². The Kier molecular flexibility index (Phi) is 5.98. The average molecular weight is 487 g/mol. The molecule has 0 amide bonds. The molecule has 2 saturated heterocycles. The lowest BCUT2D eigenvalue weighted by atomic mass is 10.0. The first-order chi connectivity index (χ1) is 17.1. The van der Waals surface area contributed by atoms with Crippen molar-refractivity contribution in [3.05, 3.63) is 82.4 Å². The number of nitrogens with zero attached hydrogens (tertiary/aromatic N) is 5. The molecule has 2 fully saturated rings. The van der Waals surface area contributed by atoms with E-state index < -0.39 is 0 Å². The highest BCUT2D eigenvalue weighted by Crippen LogP contribution is 2.25. The third-order valence-electron chi connectivity index (χ3n) is 6.92. The van der Waals surface area contributed by atoms with Gasteiger partial charge in [-0.15, -0.1) is 0 Å². The number of benzene rings is 2. The Morgan fingerprint density at radius 2 is 1.71 bits per heavy atom. The van der Waals surface area contributed by atoms with Gasteiger partial charge in [-0.2, -0.15) is 9.78 Å². The highest BCUT2D eigenvalue weighted by atomic mass is 35.5. The van der Waals surface area contributed by atoms with Crippen molar-refractivity contribution in [3.8, 4) is 16.8 Å². The molecule has 2 aliphatic rings. The van der Waals surface area contributed by atoms with Crippen LogP contribution < -0.4 is 15.9 Å². The number of rotatable bonds is 5. The summed E-state index contributed by atoms with van der Waals surface area (Å²) in [6, 6.07) is 17.8.